The molecule has 7 heteroatoms. The lowest BCUT2D eigenvalue weighted by Crippen LogP contribution is -2.12. The average molecular weight is 284 g/mol. The Morgan fingerprint density at radius 2 is 1.83 bits per heavy atom. The molecule has 0 aliphatic heterocycles. The van der Waals surface area contributed by atoms with Gasteiger partial charge in [-0.05, 0) is 38.1 Å². The maximum Gasteiger partial charge on any atom is 0.263 e. The molecule has 1 aromatic heterocycles. The van der Waals surface area contributed by atoms with Crippen molar-refractivity contribution in [2.75, 3.05) is 4.72 Å². The fourth-order valence-electron chi connectivity index (χ4n) is 1.32. The molecule has 0 atom stereocenters. The van der Waals surface area contributed by atoms with E-state index in [1.807, 2.05) is 13.8 Å². The monoisotopic (exact) mass is 284 g/mol. The van der Waals surface area contributed by atoms with Crippen LogP contribution in [0.4, 0.5) is 5.13 Å². The Balaban J connectivity index is 2.29. The fraction of sp³-hybridized carbons (Fsp3) is 0.182. The SMILES string of the molecule is Cc1nc(NS(=O)(=O)c2ccc(O)cc2)sc1C. The third kappa shape index (κ3) is 2.62. The van der Waals surface area contributed by atoms with E-state index in [0.29, 0.717) is 5.13 Å². The molecule has 1 heterocycles. The molecule has 0 spiro atoms. The van der Waals surface area contributed by atoms with E-state index in [0.717, 1.165) is 10.6 Å². The lowest BCUT2D eigenvalue weighted by molar-refractivity contribution is 0.475. The highest BCUT2D eigenvalue weighted by molar-refractivity contribution is 7.93. The fourth-order valence-corrected chi connectivity index (χ4v) is 3.37. The highest BCUT2D eigenvalue weighted by Gasteiger charge is 2.16. The van der Waals surface area contributed by atoms with Crippen LogP contribution in [0, 0.1) is 13.8 Å². The molecule has 0 saturated heterocycles. The van der Waals surface area contributed by atoms with E-state index in [9.17, 15) is 8.42 Å². The molecule has 0 radical (unpaired) electrons. The number of thiazole rings is 1. The van der Waals surface area contributed by atoms with Crippen LogP contribution in [0.25, 0.3) is 0 Å². The quantitative estimate of drug-likeness (QED) is 0.906. The number of hydrogen-bond donors (Lipinski definition) is 2. The summed E-state index contributed by atoms with van der Waals surface area (Å²) in [5.41, 5.74) is 0.809. The van der Waals surface area contributed by atoms with Crippen molar-refractivity contribution >= 4 is 26.5 Å². The summed E-state index contributed by atoms with van der Waals surface area (Å²) in [7, 11) is -3.65. The molecular weight excluding hydrogens is 272 g/mol. The van der Waals surface area contributed by atoms with Gasteiger partial charge in [0.15, 0.2) is 5.13 Å². The minimum Gasteiger partial charge on any atom is -0.508 e. The maximum absolute atomic E-state index is 12.0. The van der Waals surface area contributed by atoms with Gasteiger partial charge in [0.1, 0.15) is 5.75 Å². The van der Waals surface area contributed by atoms with Crippen LogP contribution in [-0.2, 0) is 10.0 Å². The number of anilines is 1. The zero-order valence-corrected chi connectivity index (χ0v) is 11.5. The number of phenols is 1. The zero-order valence-electron chi connectivity index (χ0n) is 9.84. The Labute approximate surface area is 109 Å². The summed E-state index contributed by atoms with van der Waals surface area (Å²) >= 11 is 1.29. The third-order valence-corrected chi connectivity index (χ3v) is 4.87. The van der Waals surface area contributed by atoms with Gasteiger partial charge in [-0.15, -0.1) is 11.3 Å². The molecule has 5 nitrogen and oxygen atoms in total. The highest BCUT2D eigenvalue weighted by Crippen LogP contribution is 2.24. The summed E-state index contributed by atoms with van der Waals surface area (Å²) in [6.45, 7) is 3.70. The summed E-state index contributed by atoms with van der Waals surface area (Å²) in [5, 5.41) is 9.47. The molecule has 1 aromatic carbocycles. The molecule has 0 saturated carbocycles. The number of sulfonamides is 1. The van der Waals surface area contributed by atoms with Crippen LogP contribution < -0.4 is 4.72 Å². The van der Waals surface area contributed by atoms with Gasteiger partial charge in [-0.1, -0.05) is 0 Å². The number of nitrogens with one attached hydrogen (secondary N) is 1. The van der Waals surface area contributed by atoms with Crippen molar-refractivity contribution in [2.24, 2.45) is 0 Å². The molecule has 0 unspecified atom stereocenters. The Morgan fingerprint density at radius 1 is 1.22 bits per heavy atom. The standard InChI is InChI=1S/C11H12N2O3S2/c1-7-8(2)17-11(12-7)13-18(15,16)10-5-3-9(14)4-6-10/h3-6,14H,1-2H3,(H,12,13). The van der Waals surface area contributed by atoms with Crippen molar-refractivity contribution in [2.45, 2.75) is 18.7 Å². The molecule has 0 aliphatic carbocycles. The van der Waals surface area contributed by atoms with Crippen LogP contribution in [0.3, 0.4) is 0 Å². The number of aromatic hydroxyl groups is 1. The van der Waals surface area contributed by atoms with Gasteiger partial charge in [-0.3, -0.25) is 4.72 Å². The summed E-state index contributed by atoms with van der Waals surface area (Å²) in [5.74, 6) is 0.0230. The molecule has 96 valence electrons. The highest BCUT2D eigenvalue weighted by atomic mass is 32.2. The summed E-state index contributed by atoms with van der Waals surface area (Å²) < 4.78 is 26.4. The maximum atomic E-state index is 12.0. The van der Waals surface area contributed by atoms with E-state index in [-0.39, 0.29) is 10.6 Å². The van der Waals surface area contributed by atoms with Gasteiger partial charge in [0, 0.05) is 4.88 Å². The number of phenolic OH excluding ortho intramolecular Hbond substituents is 1. The predicted molar refractivity (Wildman–Crippen MR) is 70.5 cm³/mol. The topological polar surface area (TPSA) is 79.3 Å². The molecule has 2 aromatic rings. The van der Waals surface area contributed by atoms with E-state index < -0.39 is 10.0 Å². The number of aromatic nitrogens is 1. The number of benzene rings is 1. The van der Waals surface area contributed by atoms with Crippen LogP contribution >= 0.6 is 11.3 Å². The van der Waals surface area contributed by atoms with Gasteiger partial charge in [-0.25, -0.2) is 13.4 Å². The lowest BCUT2D eigenvalue weighted by atomic mass is 10.3. The minimum absolute atomic E-state index is 0.0230. The second-order valence-electron chi connectivity index (χ2n) is 3.76. The summed E-state index contributed by atoms with van der Waals surface area (Å²) in [6, 6.07) is 5.33. The lowest BCUT2D eigenvalue weighted by Gasteiger charge is -2.04. The van der Waals surface area contributed by atoms with Gasteiger partial charge >= 0.3 is 0 Å². The minimum atomic E-state index is -3.65. The second-order valence-corrected chi connectivity index (χ2v) is 6.65. The first kappa shape index (κ1) is 12.8. The van der Waals surface area contributed by atoms with Crippen LogP contribution in [0.1, 0.15) is 10.6 Å². The Bertz CT molecular complexity index is 641. The van der Waals surface area contributed by atoms with Crippen molar-refractivity contribution in [3.63, 3.8) is 0 Å². The van der Waals surface area contributed by atoms with Gasteiger partial charge < -0.3 is 5.11 Å². The van der Waals surface area contributed by atoms with Crippen molar-refractivity contribution in [1.82, 2.24) is 4.98 Å². The molecule has 18 heavy (non-hydrogen) atoms. The van der Waals surface area contributed by atoms with Crippen LogP contribution in [-0.4, -0.2) is 18.5 Å². The predicted octanol–water partition coefficient (Wildman–Crippen LogP) is 2.27. The van der Waals surface area contributed by atoms with Crippen LogP contribution in [0.15, 0.2) is 29.2 Å². The molecule has 0 bridgehead atoms. The van der Waals surface area contributed by atoms with E-state index in [4.69, 9.17) is 5.11 Å². The molecule has 0 aliphatic rings. The van der Waals surface area contributed by atoms with Crippen molar-refractivity contribution < 1.29 is 13.5 Å². The summed E-state index contributed by atoms with van der Waals surface area (Å²) in [4.78, 5) is 5.18. The Hall–Kier alpha value is -1.60. The van der Waals surface area contributed by atoms with Crippen molar-refractivity contribution in [3.8, 4) is 5.75 Å². The zero-order chi connectivity index (χ0) is 13.3. The average Bonchev–Trinajstić information content (AvgIpc) is 2.57. The molecule has 0 fully saturated rings. The number of rotatable bonds is 3. The number of hydrogen-bond acceptors (Lipinski definition) is 5. The first-order valence-corrected chi connectivity index (χ1v) is 7.44. The molecule has 2 N–H and O–H groups in total. The Morgan fingerprint density at radius 3 is 2.33 bits per heavy atom. The van der Waals surface area contributed by atoms with Crippen LogP contribution in [0.2, 0.25) is 0 Å². The van der Waals surface area contributed by atoms with E-state index in [1.165, 1.54) is 35.6 Å². The van der Waals surface area contributed by atoms with E-state index in [1.54, 1.807) is 0 Å². The molecule has 2 rings (SSSR count). The van der Waals surface area contributed by atoms with Gasteiger partial charge in [0.2, 0.25) is 0 Å². The second kappa shape index (κ2) is 4.58. The van der Waals surface area contributed by atoms with Gasteiger partial charge in [0.05, 0.1) is 10.6 Å². The van der Waals surface area contributed by atoms with Gasteiger partial charge in [0.25, 0.3) is 10.0 Å². The Kier molecular flexibility index (Phi) is 3.27. The normalized spacial score (nSPS) is 11.4. The van der Waals surface area contributed by atoms with E-state index in [2.05, 4.69) is 9.71 Å². The van der Waals surface area contributed by atoms with Crippen LogP contribution in [0.5, 0.6) is 5.75 Å². The number of nitrogens with zero attached hydrogens (tertiary/aromatic N) is 1. The van der Waals surface area contributed by atoms with Crippen molar-refractivity contribution in [3.05, 3.63) is 34.8 Å². The van der Waals surface area contributed by atoms with E-state index >= 15 is 0 Å². The molecule has 0 amide bonds. The number of aryl methyl sites for hydroxylation is 2. The molecular formula is C11H12N2O3S2. The van der Waals surface area contributed by atoms with Crippen molar-refractivity contribution in [1.29, 1.82) is 0 Å². The van der Waals surface area contributed by atoms with Gasteiger partial charge in [-0.2, -0.15) is 0 Å². The third-order valence-electron chi connectivity index (χ3n) is 2.40. The largest absolute Gasteiger partial charge is 0.508 e. The first-order chi connectivity index (χ1) is 8.38. The first-order valence-electron chi connectivity index (χ1n) is 5.14. The smallest absolute Gasteiger partial charge is 0.263 e. The summed E-state index contributed by atoms with van der Waals surface area (Å²) in [6.07, 6.45) is 0.